The fraction of sp³-hybridized carbons (Fsp3) is 0.222. The molecule has 4 nitrogen and oxygen atoms in total. The predicted octanol–water partition coefficient (Wildman–Crippen LogP) is 1.19. The number of aryl methyl sites for hydroxylation is 2. The van der Waals surface area contributed by atoms with Crippen LogP contribution in [0.2, 0.25) is 0 Å². The Morgan fingerprint density at radius 3 is 2.77 bits per heavy atom. The summed E-state index contributed by atoms with van der Waals surface area (Å²) in [6, 6.07) is 0. The molecule has 2 heterocycles. The second-order valence-corrected chi connectivity index (χ2v) is 2.96. The van der Waals surface area contributed by atoms with Gasteiger partial charge in [-0.05, 0) is 12.5 Å². The molecule has 13 heavy (non-hydrogen) atoms. The van der Waals surface area contributed by atoms with Crippen molar-refractivity contribution in [3.63, 3.8) is 0 Å². The summed E-state index contributed by atoms with van der Waals surface area (Å²) in [5.74, 6) is 0. The minimum atomic E-state index is 0.947. The van der Waals surface area contributed by atoms with E-state index < -0.39 is 0 Å². The van der Waals surface area contributed by atoms with Crippen molar-refractivity contribution in [3.05, 3.63) is 30.5 Å². The van der Waals surface area contributed by atoms with E-state index in [9.17, 15) is 0 Å². The maximum atomic E-state index is 4.20. The average molecular weight is 174 g/mol. The molecule has 0 spiro atoms. The molecule has 2 rings (SSSR count). The SMILES string of the molecule is Cc1cncnc1-c1cnn(C)c1. The van der Waals surface area contributed by atoms with Gasteiger partial charge in [0.2, 0.25) is 0 Å². The molecule has 0 radical (unpaired) electrons. The molecule has 0 aliphatic heterocycles. The third-order valence-electron chi connectivity index (χ3n) is 1.87. The monoisotopic (exact) mass is 174 g/mol. The number of hydrogen-bond donors (Lipinski definition) is 0. The van der Waals surface area contributed by atoms with Gasteiger partial charge in [-0.1, -0.05) is 0 Å². The molecule has 0 aliphatic carbocycles. The molecule has 0 atom stereocenters. The maximum Gasteiger partial charge on any atom is 0.116 e. The highest BCUT2D eigenvalue weighted by atomic mass is 15.2. The zero-order chi connectivity index (χ0) is 9.26. The summed E-state index contributed by atoms with van der Waals surface area (Å²) in [7, 11) is 1.89. The van der Waals surface area contributed by atoms with Gasteiger partial charge in [-0.15, -0.1) is 0 Å². The van der Waals surface area contributed by atoms with E-state index in [0.29, 0.717) is 0 Å². The first-order chi connectivity index (χ1) is 6.27. The molecule has 66 valence electrons. The third-order valence-corrected chi connectivity index (χ3v) is 1.87. The van der Waals surface area contributed by atoms with E-state index >= 15 is 0 Å². The van der Waals surface area contributed by atoms with Gasteiger partial charge in [0.25, 0.3) is 0 Å². The second kappa shape index (κ2) is 2.97. The van der Waals surface area contributed by atoms with E-state index in [2.05, 4.69) is 15.1 Å². The molecule has 2 aromatic rings. The van der Waals surface area contributed by atoms with E-state index in [1.54, 1.807) is 23.4 Å². The Balaban J connectivity index is 2.52. The molecule has 0 amide bonds. The summed E-state index contributed by atoms with van der Waals surface area (Å²) in [5.41, 5.74) is 3.04. The fourth-order valence-electron chi connectivity index (χ4n) is 1.24. The Bertz CT molecular complexity index is 419. The Hall–Kier alpha value is -1.71. The molecule has 0 aliphatic rings. The summed E-state index contributed by atoms with van der Waals surface area (Å²) in [6.45, 7) is 1.99. The highest BCUT2D eigenvalue weighted by Crippen LogP contribution is 2.17. The van der Waals surface area contributed by atoms with Gasteiger partial charge in [0.1, 0.15) is 6.33 Å². The van der Waals surface area contributed by atoms with Crippen LogP contribution in [-0.4, -0.2) is 19.7 Å². The van der Waals surface area contributed by atoms with E-state index in [1.807, 2.05) is 20.2 Å². The lowest BCUT2D eigenvalue weighted by Gasteiger charge is -1.98. The van der Waals surface area contributed by atoms with Gasteiger partial charge in [0.05, 0.1) is 11.9 Å². The van der Waals surface area contributed by atoms with Gasteiger partial charge >= 0.3 is 0 Å². The van der Waals surface area contributed by atoms with Crippen molar-refractivity contribution >= 4 is 0 Å². The van der Waals surface area contributed by atoms with E-state index in [4.69, 9.17) is 0 Å². The van der Waals surface area contributed by atoms with Crippen molar-refractivity contribution in [1.82, 2.24) is 19.7 Å². The van der Waals surface area contributed by atoms with Crippen LogP contribution in [0, 0.1) is 6.92 Å². The van der Waals surface area contributed by atoms with E-state index in [-0.39, 0.29) is 0 Å². The van der Waals surface area contributed by atoms with Gasteiger partial charge in [-0.3, -0.25) is 4.68 Å². The number of rotatable bonds is 1. The first-order valence-corrected chi connectivity index (χ1v) is 4.03. The van der Waals surface area contributed by atoms with Crippen LogP contribution < -0.4 is 0 Å². The van der Waals surface area contributed by atoms with Crippen LogP contribution in [0.4, 0.5) is 0 Å². The molecular weight excluding hydrogens is 164 g/mol. The highest BCUT2D eigenvalue weighted by Gasteiger charge is 2.04. The topological polar surface area (TPSA) is 43.6 Å². The summed E-state index contributed by atoms with van der Waals surface area (Å²) in [6.07, 6.45) is 7.09. The zero-order valence-electron chi connectivity index (χ0n) is 7.60. The molecule has 0 aromatic carbocycles. The van der Waals surface area contributed by atoms with Crippen molar-refractivity contribution in [1.29, 1.82) is 0 Å². The van der Waals surface area contributed by atoms with Crippen molar-refractivity contribution in [3.8, 4) is 11.3 Å². The summed E-state index contributed by atoms with van der Waals surface area (Å²) in [4.78, 5) is 8.14. The third kappa shape index (κ3) is 1.42. The summed E-state index contributed by atoms with van der Waals surface area (Å²) < 4.78 is 1.76. The lowest BCUT2D eigenvalue weighted by molar-refractivity contribution is 0.768. The van der Waals surface area contributed by atoms with E-state index in [1.165, 1.54) is 0 Å². The molecule has 0 saturated carbocycles. The van der Waals surface area contributed by atoms with E-state index in [0.717, 1.165) is 16.8 Å². The molecule has 4 heteroatoms. The largest absolute Gasteiger partial charge is 0.275 e. The first kappa shape index (κ1) is 7.91. The predicted molar refractivity (Wildman–Crippen MR) is 49.0 cm³/mol. The Morgan fingerprint density at radius 1 is 1.31 bits per heavy atom. The fourth-order valence-corrected chi connectivity index (χ4v) is 1.24. The molecule has 0 saturated heterocycles. The summed E-state index contributed by atoms with van der Waals surface area (Å²) in [5, 5.41) is 4.09. The number of aromatic nitrogens is 4. The Kier molecular flexibility index (Phi) is 1.81. The van der Waals surface area contributed by atoms with Crippen LogP contribution in [0.15, 0.2) is 24.9 Å². The van der Waals surface area contributed by atoms with Gasteiger partial charge < -0.3 is 0 Å². The van der Waals surface area contributed by atoms with Crippen molar-refractivity contribution < 1.29 is 0 Å². The van der Waals surface area contributed by atoms with Crippen molar-refractivity contribution in [2.75, 3.05) is 0 Å². The molecular formula is C9H10N4. The molecule has 0 fully saturated rings. The average Bonchev–Trinajstić information content (AvgIpc) is 2.53. The van der Waals surface area contributed by atoms with Gasteiger partial charge in [0, 0.05) is 25.0 Å². The smallest absolute Gasteiger partial charge is 0.116 e. The highest BCUT2D eigenvalue weighted by molar-refractivity contribution is 5.59. The zero-order valence-corrected chi connectivity index (χ0v) is 7.60. The second-order valence-electron chi connectivity index (χ2n) is 2.96. The van der Waals surface area contributed by atoms with Crippen LogP contribution >= 0.6 is 0 Å². The lowest BCUT2D eigenvalue weighted by Crippen LogP contribution is -1.88. The van der Waals surface area contributed by atoms with Crippen LogP contribution in [0.5, 0.6) is 0 Å². The molecule has 0 N–H and O–H groups in total. The molecule has 2 aromatic heterocycles. The quantitative estimate of drug-likeness (QED) is 0.652. The molecule has 0 unspecified atom stereocenters. The van der Waals surface area contributed by atoms with Crippen molar-refractivity contribution in [2.45, 2.75) is 6.92 Å². The molecule has 0 bridgehead atoms. The minimum Gasteiger partial charge on any atom is -0.275 e. The number of nitrogens with zero attached hydrogens (tertiary/aromatic N) is 4. The lowest BCUT2D eigenvalue weighted by atomic mass is 10.2. The van der Waals surface area contributed by atoms with Gasteiger partial charge in [-0.2, -0.15) is 5.10 Å². The maximum absolute atomic E-state index is 4.20. The minimum absolute atomic E-state index is 0.947. The van der Waals surface area contributed by atoms with Gasteiger partial charge in [0.15, 0.2) is 0 Å². The van der Waals surface area contributed by atoms with Gasteiger partial charge in [-0.25, -0.2) is 9.97 Å². The van der Waals surface area contributed by atoms with Crippen LogP contribution in [0.3, 0.4) is 0 Å². The van der Waals surface area contributed by atoms with Crippen LogP contribution in [-0.2, 0) is 7.05 Å². The first-order valence-electron chi connectivity index (χ1n) is 4.03. The Labute approximate surface area is 76.3 Å². The standard InChI is InChI=1S/C9H10N4/c1-7-3-10-6-11-9(7)8-4-12-13(2)5-8/h3-6H,1-2H3. The van der Waals surface area contributed by atoms with Crippen molar-refractivity contribution in [2.24, 2.45) is 7.05 Å². The normalized spacial score (nSPS) is 10.3. The van der Waals surface area contributed by atoms with Crippen LogP contribution in [0.25, 0.3) is 11.3 Å². The summed E-state index contributed by atoms with van der Waals surface area (Å²) >= 11 is 0. The van der Waals surface area contributed by atoms with Crippen LogP contribution in [0.1, 0.15) is 5.56 Å². The Morgan fingerprint density at radius 2 is 2.15 bits per heavy atom. The number of hydrogen-bond acceptors (Lipinski definition) is 3.